The molecule has 106 valence electrons. The van der Waals surface area contributed by atoms with E-state index in [0.29, 0.717) is 23.1 Å². The molecular formula is C14H15BrN2O2S. The second-order valence-corrected chi connectivity index (χ2v) is 7.69. The van der Waals surface area contributed by atoms with Gasteiger partial charge in [0.05, 0.1) is 10.5 Å². The molecule has 1 aliphatic rings. The highest BCUT2D eigenvalue weighted by Gasteiger charge is 2.27. The SMILES string of the molecule is CC1=C(C)CN(S(=O)(=O)c2ccc(C#N)c(Br)c2)CC1. The summed E-state index contributed by atoms with van der Waals surface area (Å²) in [7, 11) is -3.51. The largest absolute Gasteiger partial charge is 0.243 e. The van der Waals surface area contributed by atoms with E-state index < -0.39 is 10.0 Å². The zero-order valence-electron chi connectivity index (χ0n) is 11.4. The van der Waals surface area contributed by atoms with Gasteiger partial charge >= 0.3 is 0 Å². The van der Waals surface area contributed by atoms with Crippen LogP contribution in [0.15, 0.2) is 38.7 Å². The number of hydrogen-bond donors (Lipinski definition) is 0. The molecule has 1 aliphatic heterocycles. The van der Waals surface area contributed by atoms with E-state index in [2.05, 4.69) is 15.9 Å². The van der Waals surface area contributed by atoms with Gasteiger partial charge in [-0.15, -0.1) is 0 Å². The highest BCUT2D eigenvalue weighted by atomic mass is 79.9. The molecule has 0 aliphatic carbocycles. The van der Waals surface area contributed by atoms with E-state index in [9.17, 15) is 8.42 Å². The summed E-state index contributed by atoms with van der Waals surface area (Å²) in [5.41, 5.74) is 2.79. The Morgan fingerprint density at radius 1 is 1.30 bits per heavy atom. The predicted molar refractivity (Wildman–Crippen MR) is 80.6 cm³/mol. The molecule has 4 nitrogen and oxygen atoms in total. The van der Waals surface area contributed by atoms with Crippen LogP contribution in [-0.2, 0) is 10.0 Å². The number of benzene rings is 1. The summed E-state index contributed by atoms with van der Waals surface area (Å²) >= 11 is 3.23. The van der Waals surface area contributed by atoms with E-state index in [4.69, 9.17) is 5.26 Å². The number of nitrogens with zero attached hydrogens (tertiary/aromatic N) is 2. The minimum absolute atomic E-state index is 0.218. The number of hydrogen-bond acceptors (Lipinski definition) is 3. The Bertz CT molecular complexity index is 717. The molecule has 0 radical (unpaired) electrons. The molecule has 0 N–H and O–H groups in total. The van der Waals surface area contributed by atoms with Gasteiger partial charge in [-0.3, -0.25) is 0 Å². The molecule has 0 amide bonds. The average Bonchev–Trinajstić information content (AvgIpc) is 2.41. The van der Waals surface area contributed by atoms with Gasteiger partial charge in [0.2, 0.25) is 10.0 Å². The van der Waals surface area contributed by atoms with Gasteiger partial charge in [-0.2, -0.15) is 9.57 Å². The van der Waals surface area contributed by atoms with E-state index in [1.54, 1.807) is 0 Å². The molecule has 0 atom stereocenters. The van der Waals surface area contributed by atoms with Gasteiger partial charge in [0, 0.05) is 17.6 Å². The molecule has 0 unspecified atom stereocenters. The van der Waals surface area contributed by atoms with Gasteiger partial charge in [-0.1, -0.05) is 11.1 Å². The fourth-order valence-corrected chi connectivity index (χ4v) is 4.20. The third-order valence-corrected chi connectivity index (χ3v) is 6.07. The van der Waals surface area contributed by atoms with Crippen molar-refractivity contribution in [2.45, 2.75) is 25.2 Å². The minimum atomic E-state index is -3.51. The topological polar surface area (TPSA) is 61.2 Å². The number of halogens is 1. The first kappa shape index (κ1) is 15.2. The summed E-state index contributed by atoms with van der Waals surface area (Å²) in [4.78, 5) is 0.218. The van der Waals surface area contributed by atoms with Crippen LogP contribution >= 0.6 is 15.9 Å². The second kappa shape index (κ2) is 5.68. The first-order chi connectivity index (χ1) is 9.36. The molecule has 2 rings (SSSR count). The van der Waals surface area contributed by atoms with Gasteiger partial charge in [0.1, 0.15) is 6.07 Å². The first-order valence-corrected chi connectivity index (χ1v) is 8.44. The first-order valence-electron chi connectivity index (χ1n) is 6.21. The maximum Gasteiger partial charge on any atom is 0.243 e. The third-order valence-electron chi connectivity index (χ3n) is 3.58. The van der Waals surface area contributed by atoms with Crippen molar-refractivity contribution in [3.05, 3.63) is 39.4 Å². The van der Waals surface area contributed by atoms with Crippen LogP contribution in [-0.4, -0.2) is 25.8 Å². The zero-order valence-corrected chi connectivity index (χ0v) is 13.8. The van der Waals surface area contributed by atoms with Gasteiger partial charge in [0.25, 0.3) is 0 Å². The molecule has 1 aromatic carbocycles. The van der Waals surface area contributed by atoms with E-state index in [1.165, 1.54) is 28.1 Å². The van der Waals surface area contributed by atoms with E-state index in [0.717, 1.165) is 12.0 Å². The monoisotopic (exact) mass is 354 g/mol. The smallest absolute Gasteiger partial charge is 0.207 e. The van der Waals surface area contributed by atoms with Crippen molar-refractivity contribution in [2.75, 3.05) is 13.1 Å². The lowest BCUT2D eigenvalue weighted by atomic mass is 10.1. The van der Waals surface area contributed by atoms with Crippen molar-refractivity contribution in [1.82, 2.24) is 4.31 Å². The summed E-state index contributed by atoms with van der Waals surface area (Å²) in [6, 6.07) is 6.51. The summed E-state index contributed by atoms with van der Waals surface area (Å²) in [6.45, 7) is 4.94. The molecule has 1 aromatic rings. The molecule has 0 saturated heterocycles. The molecule has 0 fully saturated rings. The molecule has 6 heteroatoms. The van der Waals surface area contributed by atoms with Crippen molar-refractivity contribution in [1.29, 1.82) is 5.26 Å². The highest BCUT2D eigenvalue weighted by Crippen LogP contribution is 2.26. The summed E-state index contributed by atoms with van der Waals surface area (Å²) < 4.78 is 27.2. The Balaban J connectivity index is 2.37. The van der Waals surface area contributed by atoms with E-state index in [-0.39, 0.29) is 4.90 Å². The van der Waals surface area contributed by atoms with Crippen molar-refractivity contribution in [2.24, 2.45) is 0 Å². The fourth-order valence-electron chi connectivity index (χ4n) is 2.09. The standard InChI is InChI=1S/C14H15BrN2O2S/c1-10-5-6-17(9-11(10)2)20(18,19)13-4-3-12(8-16)14(15)7-13/h3-4,7H,5-6,9H2,1-2H3. The maximum absolute atomic E-state index is 12.6. The van der Waals surface area contributed by atoms with Crippen LogP contribution in [0.1, 0.15) is 25.8 Å². The summed E-state index contributed by atoms with van der Waals surface area (Å²) in [5, 5.41) is 8.88. The van der Waals surface area contributed by atoms with Gasteiger partial charge in [0.15, 0.2) is 0 Å². The van der Waals surface area contributed by atoms with Gasteiger partial charge < -0.3 is 0 Å². The van der Waals surface area contributed by atoms with Crippen LogP contribution in [0.4, 0.5) is 0 Å². The Morgan fingerprint density at radius 3 is 2.55 bits per heavy atom. The number of nitriles is 1. The highest BCUT2D eigenvalue weighted by molar-refractivity contribution is 9.10. The predicted octanol–water partition coefficient (Wildman–Crippen LogP) is 3.05. The molecular weight excluding hydrogens is 340 g/mol. The van der Waals surface area contributed by atoms with Crippen LogP contribution in [0.2, 0.25) is 0 Å². The van der Waals surface area contributed by atoms with Crippen molar-refractivity contribution >= 4 is 26.0 Å². The lowest BCUT2D eigenvalue weighted by molar-refractivity contribution is 0.421. The van der Waals surface area contributed by atoms with Crippen LogP contribution in [0.5, 0.6) is 0 Å². The van der Waals surface area contributed by atoms with Crippen LogP contribution in [0, 0.1) is 11.3 Å². The lowest BCUT2D eigenvalue weighted by Gasteiger charge is -2.28. The minimum Gasteiger partial charge on any atom is -0.207 e. The van der Waals surface area contributed by atoms with Gasteiger partial charge in [-0.25, -0.2) is 8.42 Å². The molecule has 0 spiro atoms. The Morgan fingerprint density at radius 2 is 2.00 bits per heavy atom. The Labute approximate surface area is 127 Å². The van der Waals surface area contributed by atoms with Gasteiger partial charge in [-0.05, 0) is 54.4 Å². The molecule has 1 heterocycles. The average molecular weight is 355 g/mol. The van der Waals surface area contributed by atoms with Crippen LogP contribution in [0.3, 0.4) is 0 Å². The zero-order chi connectivity index (χ0) is 14.9. The lowest BCUT2D eigenvalue weighted by Crippen LogP contribution is -2.36. The Kier molecular flexibility index (Phi) is 4.33. The Hall–Kier alpha value is -1.16. The van der Waals surface area contributed by atoms with Crippen molar-refractivity contribution in [3.63, 3.8) is 0 Å². The quantitative estimate of drug-likeness (QED) is 0.766. The van der Waals surface area contributed by atoms with E-state index >= 15 is 0 Å². The maximum atomic E-state index is 12.6. The molecule has 20 heavy (non-hydrogen) atoms. The van der Waals surface area contributed by atoms with E-state index in [1.807, 2.05) is 19.9 Å². The molecule has 0 aromatic heterocycles. The third kappa shape index (κ3) is 2.80. The molecule has 0 bridgehead atoms. The normalized spacial score (nSPS) is 17.1. The van der Waals surface area contributed by atoms with Crippen LogP contribution < -0.4 is 0 Å². The fraction of sp³-hybridized carbons (Fsp3) is 0.357. The van der Waals surface area contributed by atoms with Crippen molar-refractivity contribution in [3.8, 4) is 6.07 Å². The number of rotatable bonds is 2. The molecule has 0 saturated carbocycles. The second-order valence-electron chi connectivity index (χ2n) is 4.90. The summed E-state index contributed by atoms with van der Waals surface area (Å²) in [5.74, 6) is 0. The number of sulfonamides is 1. The van der Waals surface area contributed by atoms with Crippen molar-refractivity contribution < 1.29 is 8.42 Å². The summed E-state index contributed by atoms with van der Waals surface area (Å²) in [6.07, 6.45) is 0.766. The van der Waals surface area contributed by atoms with Crippen LogP contribution in [0.25, 0.3) is 0 Å².